The molecule has 66 heavy (non-hydrogen) atoms. The number of likely N-dealkylation sites (N-methyl/N-ethyl adjacent to an activating group) is 1. The average molecular weight is 900 g/mol. The molecule has 0 unspecified atom stereocenters. The number of nitrogens with zero attached hydrogens (tertiary/aromatic N) is 5. The van der Waals surface area contributed by atoms with Crippen molar-refractivity contribution in [3.05, 3.63) is 90.3 Å². The molecule has 4 aliphatic rings. The highest BCUT2D eigenvalue weighted by Crippen LogP contribution is 2.43. The third-order valence-electron chi connectivity index (χ3n) is 13.8. The number of aryl methyl sites for hydroxylation is 1. The number of esters is 1. The van der Waals surface area contributed by atoms with E-state index in [2.05, 4.69) is 79.1 Å². The first-order valence-corrected chi connectivity index (χ1v) is 23.7. The van der Waals surface area contributed by atoms with E-state index in [1.165, 1.54) is 16.0 Å². The molecule has 4 aromatic rings. The summed E-state index contributed by atoms with van der Waals surface area (Å²) < 4.78 is 14.7. The normalized spacial score (nSPS) is 22.8. The summed E-state index contributed by atoms with van der Waals surface area (Å²) >= 11 is 0. The maximum atomic E-state index is 14.7. The van der Waals surface area contributed by atoms with Gasteiger partial charge in [0.1, 0.15) is 24.2 Å². The molecule has 0 aliphatic carbocycles. The first-order valence-electron chi connectivity index (χ1n) is 23.7. The number of carbonyl (C=O) groups is 5. The fourth-order valence-electron chi connectivity index (χ4n) is 10.5. The third kappa shape index (κ3) is 9.53. The first kappa shape index (κ1) is 46.7. The molecule has 4 aliphatic heterocycles. The van der Waals surface area contributed by atoms with Gasteiger partial charge in [0, 0.05) is 74.3 Å². The monoisotopic (exact) mass is 899 g/mol. The summed E-state index contributed by atoms with van der Waals surface area (Å²) in [5.41, 5.74) is 10.8. The van der Waals surface area contributed by atoms with Gasteiger partial charge in [0.15, 0.2) is 0 Å². The Morgan fingerprint density at radius 2 is 1.83 bits per heavy atom. The smallest absolute Gasteiger partial charge is 0.324 e. The summed E-state index contributed by atoms with van der Waals surface area (Å²) in [5.74, 6) is -2.53. The fourth-order valence-corrected chi connectivity index (χ4v) is 10.5. The Balaban J connectivity index is 1.18. The zero-order valence-corrected chi connectivity index (χ0v) is 39.3. The zero-order chi connectivity index (χ0) is 46.9. The number of pyridine rings is 1. The molecule has 3 fully saturated rings. The average Bonchev–Trinajstić information content (AvgIpc) is 4.10. The van der Waals surface area contributed by atoms with Gasteiger partial charge in [0.25, 0.3) is 5.91 Å². The number of hydrogen-bond acceptors (Lipinski definition) is 9. The number of benzene rings is 2. The van der Waals surface area contributed by atoms with Crippen molar-refractivity contribution in [2.24, 2.45) is 17.3 Å². The molecular formula is C52H65N7O7. The van der Waals surface area contributed by atoms with Crippen LogP contribution < -0.4 is 10.7 Å². The van der Waals surface area contributed by atoms with Gasteiger partial charge in [-0.15, -0.1) is 0 Å². The molecule has 4 amide bonds. The number of hydrazine groups is 1. The van der Waals surface area contributed by atoms with Crippen molar-refractivity contribution < 1.29 is 33.4 Å². The number of likely N-dealkylation sites (tertiary alicyclic amines) is 1. The van der Waals surface area contributed by atoms with Crippen LogP contribution in [-0.4, -0.2) is 112 Å². The maximum Gasteiger partial charge on any atom is 0.324 e. The molecule has 14 nitrogen and oxygen atoms in total. The van der Waals surface area contributed by atoms with Crippen molar-refractivity contribution in [3.63, 3.8) is 0 Å². The molecule has 8 rings (SSSR count). The van der Waals surface area contributed by atoms with Crippen molar-refractivity contribution >= 4 is 40.5 Å². The highest BCUT2D eigenvalue weighted by Gasteiger charge is 2.40. The van der Waals surface area contributed by atoms with Crippen molar-refractivity contribution in [1.29, 1.82) is 0 Å². The number of aromatic nitrogens is 2. The standard InChI is InChI=1S/C52H65N7O7/c1-8-44(60)57-24-21-36(30-57)49(62)56(7)46(32(3)4)48(61)54-41-27-33-14-10-15-34(26-33)35-19-20-42-38(28-35)39(29-52(5,6)31-66-51(64)40-17-12-23-59(55-40)50(41)63)47(58(42)9-2)37-16-11-22-53-45(37)43-18-13-25-65-43/h8,10-11,14-16,19-20,22,26,28,32,36,40-41,43,46,55H,1,9,12-13,17-18,21,23-25,27,29-31H2,2-7H3,(H,54,61)/t36-,40-,41-,43-,46-/m0/s1. The van der Waals surface area contributed by atoms with Crippen LogP contribution >= 0.6 is 0 Å². The van der Waals surface area contributed by atoms with E-state index in [1.54, 1.807) is 11.9 Å². The molecule has 5 atom stereocenters. The Labute approximate surface area is 388 Å². The second-order valence-electron chi connectivity index (χ2n) is 19.6. The van der Waals surface area contributed by atoms with Crippen molar-refractivity contribution in [2.45, 2.75) is 110 Å². The number of amides is 4. The summed E-state index contributed by atoms with van der Waals surface area (Å²) in [4.78, 5) is 77.4. The number of rotatable bonds is 9. The van der Waals surface area contributed by atoms with E-state index in [1.807, 2.05) is 38.2 Å². The van der Waals surface area contributed by atoms with Crippen LogP contribution in [0.5, 0.6) is 0 Å². The van der Waals surface area contributed by atoms with Gasteiger partial charge in [-0.1, -0.05) is 64.6 Å². The Morgan fingerprint density at radius 3 is 2.58 bits per heavy atom. The van der Waals surface area contributed by atoms with Crippen molar-refractivity contribution in [3.8, 4) is 22.4 Å². The van der Waals surface area contributed by atoms with E-state index < -0.39 is 47.2 Å². The van der Waals surface area contributed by atoms with Crippen LogP contribution in [0.1, 0.15) is 89.6 Å². The minimum absolute atomic E-state index is 0.0928. The Bertz CT molecular complexity index is 2510. The lowest BCUT2D eigenvalue weighted by atomic mass is 9.84. The van der Waals surface area contributed by atoms with Gasteiger partial charge in [0.05, 0.1) is 23.9 Å². The minimum Gasteiger partial charge on any atom is -0.464 e. The van der Waals surface area contributed by atoms with E-state index in [9.17, 15) is 24.0 Å². The zero-order valence-electron chi connectivity index (χ0n) is 39.3. The molecule has 14 heteroatoms. The molecule has 350 valence electrons. The van der Waals surface area contributed by atoms with Crippen LogP contribution in [-0.2, 0) is 52.8 Å². The van der Waals surface area contributed by atoms with Crippen molar-refractivity contribution in [1.82, 2.24) is 35.1 Å². The van der Waals surface area contributed by atoms with Gasteiger partial charge in [-0.05, 0) is 104 Å². The van der Waals surface area contributed by atoms with E-state index in [0.29, 0.717) is 45.4 Å². The van der Waals surface area contributed by atoms with Crippen LogP contribution in [0.15, 0.2) is 73.4 Å². The molecule has 2 aromatic carbocycles. The fraction of sp³-hybridized carbons (Fsp3) is 0.500. The van der Waals surface area contributed by atoms with E-state index >= 15 is 0 Å². The molecular weight excluding hydrogens is 835 g/mol. The lowest BCUT2D eigenvalue weighted by Gasteiger charge is -2.37. The number of hydrogen-bond donors (Lipinski definition) is 2. The van der Waals surface area contributed by atoms with Gasteiger partial charge < -0.3 is 29.2 Å². The molecule has 0 radical (unpaired) electrons. The largest absolute Gasteiger partial charge is 0.464 e. The molecule has 2 aromatic heterocycles. The van der Waals surface area contributed by atoms with Gasteiger partial charge in [-0.25, -0.2) is 5.43 Å². The van der Waals surface area contributed by atoms with Gasteiger partial charge in [-0.2, -0.15) is 0 Å². The predicted molar refractivity (Wildman–Crippen MR) is 252 cm³/mol. The number of fused-ring (bicyclic) bond motifs is 6. The Morgan fingerprint density at radius 1 is 1.03 bits per heavy atom. The topological polar surface area (TPSA) is 155 Å². The highest BCUT2D eigenvalue weighted by atomic mass is 16.5. The summed E-state index contributed by atoms with van der Waals surface area (Å²) in [5, 5.41) is 5.61. The SMILES string of the molecule is C=CC(=O)N1CC[C@H](C(=O)N(C)[C@H](C(=O)N[C@H]2Cc3cccc(c3)-c3ccc4c(c3)c(c(-c3cccnc3[C@@H]3CCCO3)n4CC)CC(C)(C)COC(=O)[C@@H]3CCCN(N3)C2=O)C(C)C)C1. The van der Waals surface area contributed by atoms with E-state index in [4.69, 9.17) is 14.5 Å². The summed E-state index contributed by atoms with van der Waals surface area (Å²) in [6, 6.07) is 16.1. The molecule has 0 spiro atoms. The van der Waals surface area contributed by atoms with E-state index in [-0.39, 0.29) is 43.4 Å². The Kier molecular flexibility index (Phi) is 13.8. The second-order valence-corrected chi connectivity index (χ2v) is 19.6. The lowest BCUT2D eigenvalue weighted by molar-refractivity contribution is -0.155. The number of ether oxygens (including phenoxy) is 2. The van der Waals surface area contributed by atoms with Crippen LogP contribution in [0.4, 0.5) is 0 Å². The second kappa shape index (κ2) is 19.5. The van der Waals surface area contributed by atoms with Crippen LogP contribution in [0, 0.1) is 17.3 Å². The molecule has 6 heterocycles. The van der Waals surface area contributed by atoms with Crippen LogP contribution in [0.3, 0.4) is 0 Å². The molecule has 3 saturated heterocycles. The van der Waals surface area contributed by atoms with E-state index in [0.717, 1.165) is 69.5 Å². The maximum absolute atomic E-state index is 14.7. The van der Waals surface area contributed by atoms with Crippen molar-refractivity contribution in [2.75, 3.05) is 39.9 Å². The number of carbonyl (C=O) groups excluding carboxylic acids is 5. The summed E-state index contributed by atoms with van der Waals surface area (Å²) in [7, 11) is 1.61. The summed E-state index contributed by atoms with van der Waals surface area (Å²) in [6.07, 6.45) is 7.16. The predicted octanol–water partition coefficient (Wildman–Crippen LogP) is 6.41. The number of nitrogens with one attached hydrogen (secondary N) is 2. The van der Waals surface area contributed by atoms with Gasteiger partial charge in [0.2, 0.25) is 17.7 Å². The van der Waals surface area contributed by atoms with Crippen LogP contribution in [0.25, 0.3) is 33.3 Å². The molecule has 0 saturated carbocycles. The lowest BCUT2D eigenvalue weighted by Crippen LogP contribution is -2.62. The highest BCUT2D eigenvalue weighted by molar-refractivity contribution is 5.96. The van der Waals surface area contributed by atoms with Gasteiger partial charge in [-0.3, -0.25) is 34.0 Å². The number of cyclic esters (lactones) is 1. The minimum atomic E-state index is -1.04. The first-order chi connectivity index (χ1) is 31.7. The quantitative estimate of drug-likeness (QED) is 0.143. The molecule has 2 N–H and O–H groups in total. The Hall–Kier alpha value is -5.86. The molecule has 6 bridgehead atoms. The third-order valence-corrected chi connectivity index (χ3v) is 13.8. The van der Waals surface area contributed by atoms with Gasteiger partial charge >= 0.3 is 5.97 Å². The van der Waals surface area contributed by atoms with Crippen LogP contribution in [0.2, 0.25) is 0 Å². The summed E-state index contributed by atoms with van der Waals surface area (Å²) in [6.45, 7) is 16.3.